The maximum atomic E-state index is 11.6. The van der Waals surface area contributed by atoms with E-state index in [1.807, 2.05) is 18.2 Å². The third-order valence-corrected chi connectivity index (χ3v) is 4.26. The van der Waals surface area contributed by atoms with Crippen molar-refractivity contribution >= 4 is 16.7 Å². The van der Waals surface area contributed by atoms with Crippen LogP contribution in [0, 0.1) is 0 Å². The van der Waals surface area contributed by atoms with Crippen LogP contribution in [0.25, 0.3) is 10.8 Å². The fourth-order valence-corrected chi connectivity index (χ4v) is 2.93. The maximum Gasteiger partial charge on any atom is 0.335 e. The van der Waals surface area contributed by atoms with Gasteiger partial charge in [0.15, 0.2) is 6.10 Å². The van der Waals surface area contributed by atoms with Gasteiger partial charge in [0.2, 0.25) is 0 Å². The molecule has 0 aromatic heterocycles. The highest BCUT2D eigenvalue weighted by Crippen LogP contribution is 2.32. The van der Waals surface area contributed by atoms with E-state index in [4.69, 9.17) is 9.47 Å². The molecule has 0 spiro atoms. The van der Waals surface area contributed by atoms with Crippen LogP contribution in [0.2, 0.25) is 0 Å². The van der Waals surface area contributed by atoms with Crippen molar-refractivity contribution in [2.75, 3.05) is 20.3 Å². The highest BCUT2D eigenvalue weighted by Gasteiger charge is 2.18. The summed E-state index contributed by atoms with van der Waals surface area (Å²) in [6, 6.07) is 10.6. The van der Waals surface area contributed by atoms with Crippen LogP contribution >= 0.6 is 0 Å². The lowest BCUT2D eigenvalue weighted by atomic mass is 9.98. The summed E-state index contributed by atoms with van der Waals surface area (Å²) < 4.78 is 9.88. The topological polar surface area (TPSA) is 96.2 Å². The van der Waals surface area contributed by atoms with E-state index < -0.39 is 18.2 Å². The molecule has 2 aromatic carbocycles. The van der Waals surface area contributed by atoms with E-state index in [-0.39, 0.29) is 31.8 Å². The summed E-state index contributed by atoms with van der Waals surface area (Å²) in [5.74, 6) is -0.522. The summed E-state index contributed by atoms with van der Waals surface area (Å²) in [5.41, 5.74) is 4.29. The fourth-order valence-electron chi connectivity index (χ4n) is 2.93. The van der Waals surface area contributed by atoms with Gasteiger partial charge in [0.25, 0.3) is 0 Å². The Morgan fingerprint density at radius 1 is 1.18 bits per heavy atom. The predicted molar refractivity (Wildman–Crippen MR) is 106 cm³/mol. The Labute approximate surface area is 164 Å². The second-order valence-corrected chi connectivity index (χ2v) is 6.33. The van der Waals surface area contributed by atoms with Crippen LogP contribution in [-0.2, 0) is 14.3 Å². The average Bonchev–Trinajstić information content (AvgIpc) is 2.68. The number of methoxy groups -OCH3 is 1. The van der Waals surface area contributed by atoms with Crippen LogP contribution in [0.3, 0.4) is 0 Å². The second-order valence-electron chi connectivity index (χ2n) is 6.33. The predicted octanol–water partition coefficient (Wildman–Crippen LogP) is 3.01. The lowest BCUT2D eigenvalue weighted by Gasteiger charge is -2.13. The van der Waals surface area contributed by atoms with Crippen molar-refractivity contribution in [1.29, 1.82) is 0 Å². The average molecular weight is 386 g/mol. The van der Waals surface area contributed by atoms with E-state index in [9.17, 15) is 20.1 Å². The molecule has 0 amide bonds. The van der Waals surface area contributed by atoms with Crippen molar-refractivity contribution in [3.63, 3.8) is 0 Å². The van der Waals surface area contributed by atoms with Crippen molar-refractivity contribution in [2.24, 2.45) is 0 Å². The molecule has 6 nitrogen and oxygen atoms in total. The van der Waals surface area contributed by atoms with Crippen molar-refractivity contribution < 1.29 is 29.6 Å². The second kappa shape index (κ2) is 10.6. The van der Waals surface area contributed by atoms with Gasteiger partial charge in [-0.3, -0.25) is 0 Å². The quantitative estimate of drug-likeness (QED) is 0.453. The fraction of sp³-hybridized carbons (Fsp3) is 0.364. The largest absolute Gasteiger partial charge is 0.507 e. The maximum absolute atomic E-state index is 11.6. The van der Waals surface area contributed by atoms with Gasteiger partial charge in [-0.1, -0.05) is 30.3 Å². The number of aliphatic hydroxyl groups is 2. The zero-order valence-electron chi connectivity index (χ0n) is 16.1. The third kappa shape index (κ3) is 5.68. The molecule has 0 radical (unpaired) electrons. The first-order valence-electron chi connectivity index (χ1n) is 9.13. The molecule has 2 rings (SSSR count). The molecule has 0 unspecified atom stereocenters. The molecule has 0 bridgehead atoms. The number of phenols is 1. The van der Waals surface area contributed by atoms with Gasteiger partial charge < -0.3 is 24.8 Å². The number of aromatic hydroxyl groups is 1. The normalized spacial score (nSPS) is 12.9. The Balaban J connectivity index is 2.16. The Hall–Kier alpha value is -2.63. The number of carbonyl (C=O) groups excluding carboxylic acids is 1. The summed E-state index contributed by atoms with van der Waals surface area (Å²) in [5, 5.41) is 31.9. The number of fused-ring (bicyclic) bond motifs is 1. The van der Waals surface area contributed by atoms with Gasteiger partial charge in [0.05, 0.1) is 19.3 Å². The van der Waals surface area contributed by atoms with Gasteiger partial charge in [-0.25, -0.2) is 4.79 Å². The van der Waals surface area contributed by atoms with Crippen LogP contribution in [0.15, 0.2) is 53.8 Å². The van der Waals surface area contributed by atoms with Crippen LogP contribution in [0.1, 0.15) is 31.4 Å². The molecule has 0 fully saturated rings. The van der Waals surface area contributed by atoms with Gasteiger partial charge in [0, 0.05) is 30.9 Å². The number of hydrogen-bond acceptors (Lipinski definition) is 6. The molecular formula is C22H26O6. The summed E-state index contributed by atoms with van der Waals surface area (Å²) in [6.07, 6.45) is -0.106. The molecule has 0 aliphatic heterocycles. The number of benzene rings is 2. The van der Waals surface area contributed by atoms with E-state index >= 15 is 0 Å². The van der Waals surface area contributed by atoms with Crippen LogP contribution < -0.4 is 0 Å². The molecule has 0 heterocycles. The lowest BCUT2D eigenvalue weighted by Crippen LogP contribution is -2.24. The molecule has 2 aromatic rings. The van der Waals surface area contributed by atoms with Gasteiger partial charge in [-0.2, -0.15) is 0 Å². The molecule has 6 heteroatoms. The SMILES string of the molecule is CCOC(=O)[C@H](O)CC(=C=CC[C@@H](O)c1ccc(O)c2ccccc12)COC. The number of carbonyl (C=O) groups is 1. The Kier molecular flexibility index (Phi) is 8.23. The van der Waals surface area contributed by atoms with Crippen LogP contribution in [0.5, 0.6) is 5.75 Å². The molecule has 2 atom stereocenters. The number of rotatable bonds is 9. The lowest BCUT2D eigenvalue weighted by molar-refractivity contribution is -0.152. The molecule has 28 heavy (non-hydrogen) atoms. The minimum Gasteiger partial charge on any atom is -0.507 e. The number of hydrogen-bond donors (Lipinski definition) is 3. The Morgan fingerprint density at radius 3 is 2.57 bits per heavy atom. The van der Waals surface area contributed by atoms with Crippen molar-refractivity contribution in [2.45, 2.75) is 32.0 Å². The highest BCUT2D eigenvalue weighted by atomic mass is 16.5. The molecule has 3 N–H and O–H groups in total. The van der Waals surface area contributed by atoms with Crippen molar-refractivity contribution in [3.05, 3.63) is 59.3 Å². The molecule has 0 aliphatic carbocycles. The first kappa shape index (κ1) is 21.7. The smallest absolute Gasteiger partial charge is 0.335 e. The third-order valence-electron chi connectivity index (χ3n) is 4.26. The molecule has 150 valence electrons. The van der Waals surface area contributed by atoms with Gasteiger partial charge in [0.1, 0.15) is 5.75 Å². The first-order valence-corrected chi connectivity index (χ1v) is 9.13. The summed E-state index contributed by atoms with van der Waals surface area (Å²) in [7, 11) is 1.51. The summed E-state index contributed by atoms with van der Waals surface area (Å²) >= 11 is 0. The zero-order chi connectivity index (χ0) is 20.5. The number of phenolic OH excluding ortho intramolecular Hbond substituents is 1. The Morgan fingerprint density at radius 2 is 1.89 bits per heavy atom. The summed E-state index contributed by atoms with van der Waals surface area (Å²) in [4.78, 5) is 11.6. The molecule has 0 aliphatic rings. The Bertz CT molecular complexity index is 866. The van der Waals surface area contributed by atoms with E-state index in [0.717, 1.165) is 5.39 Å². The van der Waals surface area contributed by atoms with Crippen molar-refractivity contribution in [1.82, 2.24) is 0 Å². The number of aliphatic hydroxyl groups excluding tert-OH is 2. The van der Waals surface area contributed by atoms with Gasteiger partial charge >= 0.3 is 5.97 Å². The minimum absolute atomic E-state index is 0.0431. The van der Waals surface area contributed by atoms with E-state index in [1.165, 1.54) is 7.11 Å². The van der Waals surface area contributed by atoms with Crippen LogP contribution in [-0.4, -0.2) is 47.7 Å². The first-order chi connectivity index (χ1) is 13.5. The van der Waals surface area contributed by atoms with Crippen molar-refractivity contribution in [3.8, 4) is 5.75 Å². The van der Waals surface area contributed by atoms with E-state index in [0.29, 0.717) is 16.5 Å². The number of ether oxygens (including phenoxy) is 2. The molecule has 0 saturated heterocycles. The monoisotopic (exact) mass is 386 g/mol. The van der Waals surface area contributed by atoms with E-state index in [1.54, 1.807) is 31.2 Å². The standard InChI is InChI=1S/C22H26O6/c1-3-28-22(26)21(25)13-15(14-27-2)7-6-10-19(23)18-11-12-20(24)17-9-5-4-8-16(17)18/h4-6,8-9,11-12,19,21,23-25H,3,10,13-14H2,1-2H3/t7?,19-,21-/m1/s1. The highest BCUT2D eigenvalue weighted by molar-refractivity contribution is 5.91. The molecular weight excluding hydrogens is 360 g/mol. The summed E-state index contributed by atoms with van der Waals surface area (Å²) in [6.45, 7) is 2.07. The van der Waals surface area contributed by atoms with Gasteiger partial charge in [-0.15, -0.1) is 5.73 Å². The van der Waals surface area contributed by atoms with Gasteiger partial charge in [-0.05, 0) is 30.0 Å². The zero-order valence-corrected chi connectivity index (χ0v) is 16.1. The number of esters is 1. The minimum atomic E-state index is -1.28. The molecule has 0 saturated carbocycles. The van der Waals surface area contributed by atoms with E-state index in [2.05, 4.69) is 5.73 Å². The van der Waals surface area contributed by atoms with Crippen LogP contribution in [0.4, 0.5) is 0 Å².